The molecule has 0 bridgehead atoms. The molecule has 128 valence electrons. The van der Waals surface area contributed by atoms with Gasteiger partial charge >= 0.3 is 0 Å². The van der Waals surface area contributed by atoms with Gasteiger partial charge in [0.05, 0.1) is 0 Å². The van der Waals surface area contributed by atoms with E-state index in [-0.39, 0.29) is 18.4 Å². The van der Waals surface area contributed by atoms with Crippen molar-refractivity contribution in [2.45, 2.75) is 64.0 Å². The third-order valence-electron chi connectivity index (χ3n) is 5.68. The Bertz CT molecular complexity index is 548. The molecule has 3 nitrogen and oxygen atoms in total. The summed E-state index contributed by atoms with van der Waals surface area (Å²) in [4.78, 5) is 14.8. The highest BCUT2D eigenvalue weighted by atomic mass is 35.5. The van der Waals surface area contributed by atoms with Gasteiger partial charge in [-0.15, -0.1) is 12.4 Å². The van der Waals surface area contributed by atoms with E-state index >= 15 is 0 Å². The predicted octanol–water partition coefficient (Wildman–Crippen LogP) is 3.64. The van der Waals surface area contributed by atoms with E-state index in [2.05, 4.69) is 43.0 Å². The highest BCUT2D eigenvalue weighted by Gasteiger charge is 2.35. The predicted molar refractivity (Wildman–Crippen MR) is 96.9 cm³/mol. The molecule has 0 spiro atoms. The molecule has 1 aliphatic heterocycles. The minimum absolute atomic E-state index is 0. The van der Waals surface area contributed by atoms with Crippen molar-refractivity contribution < 1.29 is 4.79 Å². The highest BCUT2D eigenvalue weighted by Crippen LogP contribution is 2.35. The van der Waals surface area contributed by atoms with Crippen LogP contribution in [0.1, 0.15) is 56.1 Å². The maximum absolute atomic E-state index is 12.7. The molecule has 2 N–H and O–H groups in total. The number of nitrogens with two attached hydrogens (primary N) is 1. The fourth-order valence-corrected chi connectivity index (χ4v) is 4.31. The molecular formula is C19H29ClN2O. The first-order valence-electron chi connectivity index (χ1n) is 8.67. The van der Waals surface area contributed by atoms with Crippen LogP contribution in [-0.2, 0) is 4.79 Å². The summed E-state index contributed by atoms with van der Waals surface area (Å²) in [5.41, 5.74) is 8.87. The normalized spacial score (nSPS) is 30.3. The van der Waals surface area contributed by atoms with Crippen molar-refractivity contribution in [3.05, 3.63) is 35.4 Å². The highest BCUT2D eigenvalue weighted by molar-refractivity contribution is 5.85. The van der Waals surface area contributed by atoms with Crippen LogP contribution in [0, 0.1) is 12.8 Å². The van der Waals surface area contributed by atoms with E-state index in [1.165, 1.54) is 17.5 Å². The summed E-state index contributed by atoms with van der Waals surface area (Å²) in [7, 11) is 0. The minimum atomic E-state index is 0. The average Bonchev–Trinajstić information content (AvgIpc) is 3.06. The summed E-state index contributed by atoms with van der Waals surface area (Å²) in [5, 5.41) is 0. The SMILES string of the molecule is Cc1ccccc1C1CC(C)N(C(=O)C[C@@H]2CCC[C@H]2N)C1.Cl. The van der Waals surface area contributed by atoms with Crippen LogP contribution >= 0.6 is 12.4 Å². The molecule has 1 amide bonds. The van der Waals surface area contributed by atoms with Gasteiger partial charge in [-0.1, -0.05) is 30.7 Å². The van der Waals surface area contributed by atoms with Crippen LogP contribution in [0.3, 0.4) is 0 Å². The molecule has 2 fully saturated rings. The lowest BCUT2D eigenvalue weighted by Gasteiger charge is -2.24. The van der Waals surface area contributed by atoms with E-state index in [0.29, 0.717) is 30.2 Å². The quantitative estimate of drug-likeness (QED) is 0.916. The van der Waals surface area contributed by atoms with Gasteiger partial charge in [0, 0.05) is 31.0 Å². The van der Waals surface area contributed by atoms with Gasteiger partial charge in [-0.05, 0) is 50.2 Å². The lowest BCUT2D eigenvalue weighted by Crippen LogP contribution is -2.37. The van der Waals surface area contributed by atoms with Crippen molar-refractivity contribution in [1.29, 1.82) is 0 Å². The number of hydrogen-bond donors (Lipinski definition) is 1. The molecule has 4 heteroatoms. The van der Waals surface area contributed by atoms with E-state index < -0.39 is 0 Å². The topological polar surface area (TPSA) is 46.3 Å². The van der Waals surface area contributed by atoms with Crippen molar-refractivity contribution >= 4 is 18.3 Å². The zero-order valence-electron chi connectivity index (χ0n) is 14.2. The molecule has 0 radical (unpaired) electrons. The maximum atomic E-state index is 12.7. The lowest BCUT2D eigenvalue weighted by atomic mass is 9.93. The number of aryl methyl sites for hydroxylation is 1. The van der Waals surface area contributed by atoms with Crippen molar-refractivity contribution in [2.75, 3.05) is 6.54 Å². The number of benzene rings is 1. The van der Waals surface area contributed by atoms with Crippen LogP contribution in [0.25, 0.3) is 0 Å². The summed E-state index contributed by atoms with van der Waals surface area (Å²) in [6.07, 6.45) is 5.11. The summed E-state index contributed by atoms with van der Waals surface area (Å²) in [6, 6.07) is 9.15. The maximum Gasteiger partial charge on any atom is 0.223 e. The van der Waals surface area contributed by atoms with Crippen LogP contribution in [0.5, 0.6) is 0 Å². The number of amides is 1. The van der Waals surface area contributed by atoms with Gasteiger partial charge in [0.1, 0.15) is 0 Å². The fraction of sp³-hybridized carbons (Fsp3) is 0.632. The second-order valence-corrected chi connectivity index (χ2v) is 7.24. The number of halogens is 1. The van der Waals surface area contributed by atoms with Crippen molar-refractivity contribution in [1.82, 2.24) is 4.90 Å². The van der Waals surface area contributed by atoms with E-state index in [9.17, 15) is 4.79 Å². The summed E-state index contributed by atoms with van der Waals surface area (Å²) < 4.78 is 0. The van der Waals surface area contributed by atoms with Crippen molar-refractivity contribution in [2.24, 2.45) is 11.7 Å². The monoisotopic (exact) mass is 336 g/mol. The summed E-state index contributed by atoms with van der Waals surface area (Å²) in [5.74, 6) is 1.19. The number of nitrogens with zero attached hydrogens (tertiary/aromatic N) is 1. The third-order valence-corrected chi connectivity index (χ3v) is 5.68. The van der Waals surface area contributed by atoms with Gasteiger partial charge in [0.25, 0.3) is 0 Å². The number of carbonyl (C=O) groups excluding carboxylic acids is 1. The molecule has 23 heavy (non-hydrogen) atoms. The number of carbonyl (C=O) groups is 1. The van der Waals surface area contributed by atoms with Gasteiger partial charge < -0.3 is 10.6 Å². The van der Waals surface area contributed by atoms with Crippen LogP contribution in [0.2, 0.25) is 0 Å². The molecule has 1 aliphatic carbocycles. The second kappa shape index (κ2) is 7.67. The zero-order valence-corrected chi connectivity index (χ0v) is 15.0. The van der Waals surface area contributed by atoms with Gasteiger partial charge in [-0.3, -0.25) is 4.79 Å². The van der Waals surface area contributed by atoms with Crippen molar-refractivity contribution in [3.63, 3.8) is 0 Å². The molecule has 1 saturated heterocycles. The lowest BCUT2D eigenvalue weighted by molar-refractivity contribution is -0.132. The van der Waals surface area contributed by atoms with Crippen LogP contribution in [-0.4, -0.2) is 29.4 Å². The summed E-state index contributed by atoms with van der Waals surface area (Å²) >= 11 is 0. The first kappa shape index (κ1) is 18.3. The van der Waals surface area contributed by atoms with E-state index in [0.717, 1.165) is 25.8 Å². The second-order valence-electron chi connectivity index (χ2n) is 7.24. The molecule has 4 atom stereocenters. The van der Waals surface area contributed by atoms with Crippen molar-refractivity contribution in [3.8, 4) is 0 Å². The van der Waals surface area contributed by atoms with Gasteiger partial charge in [0.2, 0.25) is 5.91 Å². The van der Waals surface area contributed by atoms with E-state index in [1.807, 2.05) is 0 Å². The molecule has 3 rings (SSSR count). The molecule has 1 heterocycles. The molecule has 1 saturated carbocycles. The Morgan fingerprint density at radius 1 is 1.30 bits per heavy atom. The molecule has 2 aliphatic rings. The Hall–Kier alpha value is -1.06. The Balaban J connectivity index is 0.00000192. The first-order valence-corrected chi connectivity index (χ1v) is 8.67. The van der Waals surface area contributed by atoms with Gasteiger partial charge in [-0.25, -0.2) is 0 Å². The minimum Gasteiger partial charge on any atom is -0.339 e. The smallest absolute Gasteiger partial charge is 0.223 e. The third kappa shape index (κ3) is 3.89. The fourth-order valence-electron chi connectivity index (χ4n) is 4.31. The Labute approximate surface area is 146 Å². The standard InChI is InChI=1S/C19H28N2O.ClH/c1-13-6-3-4-8-17(13)16-10-14(2)21(12-16)19(22)11-15-7-5-9-18(15)20;/h3-4,6,8,14-16,18H,5,7,9-12,20H2,1-2H3;1H/t14?,15-,16?,18+;/m0./s1. The average molecular weight is 337 g/mol. The van der Waals surface area contributed by atoms with Gasteiger partial charge in [0.15, 0.2) is 0 Å². The number of hydrogen-bond acceptors (Lipinski definition) is 2. The molecule has 0 aromatic heterocycles. The molecular weight excluding hydrogens is 308 g/mol. The zero-order chi connectivity index (χ0) is 15.7. The first-order chi connectivity index (χ1) is 10.6. The van der Waals surface area contributed by atoms with Crippen LogP contribution < -0.4 is 5.73 Å². The largest absolute Gasteiger partial charge is 0.339 e. The molecule has 1 aromatic carbocycles. The van der Waals surface area contributed by atoms with E-state index in [1.54, 1.807) is 0 Å². The molecule has 2 unspecified atom stereocenters. The molecule has 1 aromatic rings. The summed E-state index contributed by atoms with van der Waals surface area (Å²) in [6.45, 7) is 5.22. The Morgan fingerprint density at radius 2 is 2.04 bits per heavy atom. The van der Waals surface area contributed by atoms with Crippen LogP contribution in [0.4, 0.5) is 0 Å². The van der Waals surface area contributed by atoms with Crippen LogP contribution in [0.15, 0.2) is 24.3 Å². The van der Waals surface area contributed by atoms with E-state index in [4.69, 9.17) is 5.73 Å². The Morgan fingerprint density at radius 3 is 2.70 bits per heavy atom. The number of rotatable bonds is 3. The Kier molecular flexibility index (Phi) is 6.10. The van der Waals surface area contributed by atoms with Gasteiger partial charge in [-0.2, -0.15) is 0 Å². The number of likely N-dealkylation sites (tertiary alicyclic amines) is 1.